The van der Waals surface area contributed by atoms with Crippen LogP contribution in [-0.2, 0) is 0 Å². The van der Waals surface area contributed by atoms with Gasteiger partial charge < -0.3 is 21.1 Å². The number of rotatable bonds is 4. The van der Waals surface area contributed by atoms with Gasteiger partial charge in [-0.1, -0.05) is 0 Å². The summed E-state index contributed by atoms with van der Waals surface area (Å²) in [7, 11) is 0. The van der Waals surface area contributed by atoms with Gasteiger partial charge in [0.2, 0.25) is 0 Å². The van der Waals surface area contributed by atoms with E-state index in [0.29, 0.717) is 5.95 Å². The van der Waals surface area contributed by atoms with E-state index in [9.17, 15) is 0 Å². The number of anilines is 2. The van der Waals surface area contributed by atoms with Crippen LogP contribution in [0.4, 0.5) is 11.8 Å². The maximum atomic E-state index is 8.46. The fourth-order valence-corrected chi connectivity index (χ4v) is 0.729. The minimum absolute atomic E-state index is 0.191. The van der Waals surface area contributed by atoms with Crippen LogP contribution in [0.5, 0.6) is 0 Å². The zero-order valence-corrected chi connectivity index (χ0v) is 6.17. The monoisotopic (exact) mass is 156 g/mol. The number of nitrogen functional groups attached to an aromatic ring is 1. The Balaban J connectivity index is 2.27. The first-order valence-corrected chi connectivity index (χ1v) is 3.48. The van der Waals surface area contributed by atoms with Gasteiger partial charge in [0.25, 0.3) is 0 Å². The normalized spacial score (nSPS) is 9.91. The van der Waals surface area contributed by atoms with Crippen molar-refractivity contribution in [2.75, 3.05) is 24.2 Å². The third kappa shape index (κ3) is 2.46. The molecule has 1 heterocycles. The van der Waals surface area contributed by atoms with Crippen LogP contribution in [-0.4, -0.2) is 28.2 Å². The van der Waals surface area contributed by atoms with Crippen molar-refractivity contribution < 1.29 is 5.11 Å². The zero-order valence-electron chi connectivity index (χ0n) is 6.17. The smallest absolute Gasteiger partial charge is 0.199 e. The lowest BCUT2D eigenvalue weighted by Gasteiger charge is -1.99. The van der Waals surface area contributed by atoms with Gasteiger partial charge in [-0.3, -0.25) is 0 Å². The second-order valence-electron chi connectivity index (χ2n) is 2.19. The minimum atomic E-state index is 0.191. The Morgan fingerprint density at radius 1 is 1.73 bits per heavy atom. The van der Waals surface area contributed by atoms with E-state index in [2.05, 4.69) is 15.3 Å². The Bertz CT molecular complexity index is 210. The van der Waals surface area contributed by atoms with E-state index >= 15 is 0 Å². The van der Waals surface area contributed by atoms with Crippen LogP contribution < -0.4 is 11.1 Å². The number of hydrogen-bond acceptors (Lipinski definition) is 4. The summed E-state index contributed by atoms with van der Waals surface area (Å²) in [5, 5.41) is 11.5. The molecule has 0 saturated heterocycles. The molecule has 0 radical (unpaired) electrons. The number of imidazole rings is 1. The Kier molecular flexibility index (Phi) is 2.74. The maximum Gasteiger partial charge on any atom is 0.199 e. The number of nitrogens with one attached hydrogen (secondary N) is 2. The highest BCUT2D eigenvalue weighted by molar-refractivity contribution is 5.37. The van der Waals surface area contributed by atoms with Crippen LogP contribution in [0.3, 0.4) is 0 Å². The third-order valence-corrected chi connectivity index (χ3v) is 1.25. The molecule has 0 aliphatic carbocycles. The molecule has 5 heteroatoms. The first-order valence-electron chi connectivity index (χ1n) is 3.48. The fourth-order valence-electron chi connectivity index (χ4n) is 0.729. The molecule has 0 aliphatic rings. The van der Waals surface area contributed by atoms with Crippen molar-refractivity contribution >= 4 is 11.8 Å². The molecule has 0 saturated carbocycles. The Labute approximate surface area is 64.6 Å². The van der Waals surface area contributed by atoms with Gasteiger partial charge in [0.1, 0.15) is 5.82 Å². The molecule has 0 unspecified atom stereocenters. The molecule has 5 N–H and O–H groups in total. The van der Waals surface area contributed by atoms with Crippen molar-refractivity contribution in [3.05, 3.63) is 6.20 Å². The average Bonchev–Trinajstić information content (AvgIpc) is 2.37. The summed E-state index contributed by atoms with van der Waals surface area (Å²) < 4.78 is 0. The van der Waals surface area contributed by atoms with Crippen molar-refractivity contribution in [2.24, 2.45) is 0 Å². The first-order chi connectivity index (χ1) is 5.33. The number of hydrogen-bond donors (Lipinski definition) is 4. The summed E-state index contributed by atoms with van der Waals surface area (Å²) in [4.78, 5) is 6.60. The van der Waals surface area contributed by atoms with E-state index in [1.807, 2.05) is 0 Å². The lowest BCUT2D eigenvalue weighted by molar-refractivity contribution is 0.292. The van der Waals surface area contributed by atoms with Crippen LogP contribution in [0.1, 0.15) is 6.42 Å². The highest BCUT2D eigenvalue weighted by Gasteiger charge is 1.93. The van der Waals surface area contributed by atoms with Crippen LogP contribution >= 0.6 is 0 Å². The molecular formula is C6H12N4O. The molecule has 1 rings (SSSR count). The van der Waals surface area contributed by atoms with Gasteiger partial charge in [-0.25, -0.2) is 4.98 Å². The lowest BCUT2D eigenvalue weighted by atomic mass is 10.4. The number of aromatic amines is 1. The number of aliphatic hydroxyl groups excluding tert-OH is 1. The molecule has 0 aromatic carbocycles. The summed E-state index contributed by atoms with van der Waals surface area (Å²) >= 11 is 0. The standard InChI is InChI=1S/C6H12N4O/c7-6-9-4-5(10-6)8-2-1-3-11/h4,8,11H,1-3H2,(H3,7,9,10). The van der Waals surface area contributed by atoms with Crippen LogP contribution in [0.25, 0.3) is 0 Å². The highest BCUT2D eigenvalue weighted by Crippen LogP contribution is 2.02. The molecule has 0 aliphatic heterocycles. The average molecular weight is 156 g/mol. The van der Waals surface area contributed by atoms with Crippen molar-refractivity contribution in [3.8, 4) is 0 Å². The summed E-state index contributed by atoms with van der Waals surface area (Å²) in [6.45, 7) is 0.911. The van der Waals surface area contributed by atoms with Crippen molar-refractivity contribution in [1.82, 2.24) is 9.97 Å². The molecule has 1 aromatic rings. The summed E-state index contributed by atoms with van der Waals surface area (Å²) in [5.41, 5.74) is 5.33. The largest absolute Gasteiger partial charge is 0.396 e. The fraction of sp³-hybridized carbons (Fsp3) is 0.500. The molecule has 0 fully saturated rings. The molecular weight excluding hydrogens is 144 g/mol. The summed E-state index contributed by atoms with van der Waals surface area (Å²) in [6, 6.07) is 0. The predicted octanol–water partition coefficient (Wildman–Crippen LogP) is -0.214. The molecule has 0 atom stereocenters. The van der Waals surface area contributed by atoms with Gasteiger partial charge in [0, 0.05) is 13.2 Å². The number of aromatic nitrogens is 2. The number of nitrogens with two attached hydrogens (primary N) is 1. The van der Waals surface area contributed by atoms with E-state index in [1.165, 1.54) is 0 Å². The zero-order chi connectivity index (χ0) is 8.10. The molecule has 0 spiro atoms. The van der Waals surface area contributed by atoms with E-state index in [0.717, 1.165) is 18.8 Å². The maximum absolute atomic E-state index is 8.46. The molecule has 11 heavy (non-hydrogen) atoms. The Morgan fingerprint density at radius 3 is 3.09 bits per heavy atom. The quantitative estimate of drug-likeness (QED) is 0.454. The van der Waals surface area contributed by atoms with Crippen LogP contribution in [0.15, 0.2) is 6.20 Å². The SMILES string of the molecule is Nc1ncc(NCCCO)[nH]1. The van der Waals surface area contributed by atoms with Gasteiger partial charge in [0.05, 0.1) is 6.20 Å². The molecule has 5 nitrogen and oxygen atoms in total. The highest BCUT2D eigenvalue weighted by atomic mass is 16.3. The first kappa shape index (κ1) is 7.87. The van der Waals surface area contributed by atoms with E-state index in [4.69, 9.17) is 10.8 Å². The second-order valence-corrected chi connectivity index (χ2v) is 2.19. The van der Waals surface area contributed by atoms with Crippen molar-refractivity contribution in [2.45, 2.75) is 6.42 Å². The van der Waals surface area contributed by atoms with E-state index in [1.54, 1.807) is 6.20 Å². The van der Waals surface area contributed by atoms with Gasteiger partial charge in [0.15, 0.2) is 5.95 Å². The van der Waals surface area contributed by atoms with Crippen LogP contribution in [0, 0.1) is 0 Å². The minimum Gasteiger partial charge on any atom is -0.396 e. The van der Waals surface area contributed by atoms with Crippen molar-refractivity contribution in [3.63, 3.8) is 0 Å². The van der Waals surface area contributed by atoms with Gasteiger partial charge >= 0.3 is 0 Å². The molecule has 1 aromatic heterocycles. The summed E-state index contributed by atoms with van der Waals surface area (Å²) in [6.07, 6.45) is 2.34. The van der Waals surface area contributed by atoms with Gasteiger partial charge in [-0.2, -0.15) is 0 Å². The van der Waals surface area contributed by atoms with Gasteiger partial charge in [-0.05, 0) is 6.42 Å². The number of H-pyrrole nitrogens is 1. The number of nitrogens with zero attached hydrogens (tertiary/aromatic N) is 1. The second kappa shape index (κ2) is 3.82. The third-order valence-electron chi connectivity index (χ3n) is 1.25. The Hall–Kier alpha value is -1.23. The van der Waals surface area contributed by atoms with Gasteiger partial charge in [-0.15, -0.1) is 0 Å². The lowest BCUT2D eigenvalue weighted by Crippen LogP contribution is -2.03. The summed E-state index contributed by atoms with van der Waals surface area (Å²) in [5.74, 6) is 1.19. The predicted molar refractivity (Wildman–Crippen MR) is 43.2 cm³/mol. The van der Waals surface area contributed by atoms with E-state index in [-0.39, 0.29) is 6.61 Å². The molecule has 0 bridgehead atoms. The van der Waals surface area contributed by atoms with E-state index < -0.39 is 0 Å². The molecule has 0 amide bonds. The van der Waals surface area contributed by atoms with Crippen LogP contribution in [0.2, 0.25) is 0 Å². The van der Waals surface area contributed by atoms with Crippen molar-refractivity contribution in [1.29, 1.82) is 0 Å². The topological polar surface area (TPSA) is 87.0 Å². The Morgan fingerprint density at radius 2 is 2.55 bits per heavy atom. The molecule has 62 valence electrons. The number of aliphatic hydroxyl groups is 1.